The number of anilines is 2. The maximum atomic E-state index is 12.8. The van der Waals surface area contributed by atoms with Crippen LogP contribution in [0.5, 0.6) is 28.7 Å². The Morgan fingerprint density at radius 1 is 0.971 bits per heavy atom. The van der Waals surface area contributed by atoms with E-state index in [4.69, 9.17) is 28.4 Å². The summed E-state index contributed by atoms with van der Waals surface area (Å²) in [4.78, 5) is 15.0. The summed E-state index contributed by atoms with van der Waals surface area (Å²) in [6.07, 6.45) is 3.15. The number of amides is 1. The highest BCUT2D eigenvalue weighted by Crippen LogP contribution is 2.41. The van der Waals surface area contributed by atoms with Crippen LogP contribution in [0.25, 0.3) is 6.08 Å². The predicted molar refractivity (Wildman–Crippen MR) is 133 cm³/mol. The standard InChI is InChI=1S/C26H32N2O7/c1-4-32-21-17-20(28-8-10-31-11-9-28)22(33-5-2)16-19(21)27-25(29)7-6-18-14-23(30-3)26-24(15-18)34-12-13-35-26/h6-7,14-17H,4-5,8-13H2,1-3H3,(H,27,29)/b7-6+. The first-order valence-electron chi connectivity index (χ1n) is 11.9. The van der Waals surface area contributed by atoms with Crippen LogP contribution in [0.1, 0.15) is 19.4 Å². The van der Waals surface area contributed by atoms with Crippen LogP contribution >= 0.6 is 0 Å². The number of rotatable bonds is 9. The highest BCUT2D eigenvalue weighted by Gasteiger charge is 2.21. The first-order chi connectivity index (χ1) is 17.1. The smallest absolute Gasteiger partial charge is 0.248 e. The van der Waals surface area contributed by atoms with E-state index in [0.29, 0.717) is 74.1 Å². The van der Waals surface area contributed by atoms with Gasteiger partial charge in [0.2, 0.25) is 11.7 Å². The molecule has 0 aliphatic carbocycles. The van der Waals surface area contributed by atoms with Crippen molar-refractivity contribution in [3.05, 3.63) is 35.9 Å². The summed E-state index contributed by atoms with van der Waals surface area (Å²) in [6, 6.07) is 7.35. The number of methoxy groups -OCH3 is 1. The van der Waals surface area contributed by atoms with Crippen LogP contribution < -0.4 is 33.9 Å². The van der Waals surface area contributed by atoms with E-state index in [1.54, 1.807) is 19.3 Å². The highest BCUT2D eigenvalue weighted by molar-refractivity contribution is 6.03. The molecule has 1 amide bonds. The predicted octanol–water partition coefficient (Wildman–Crippen LogP) is 3.75. The number of nitrogens with one attached hydrogen (secondary N) is 1. The first kappa shape index (κ1) is 24.5. The van der Waals surface area contributed by atoms with Gasteiger partial charge in [0.25, 0.3) is 0 Å². The number of ether oxygens (including phenoxy) is 6. The molecule has 0 aromatic heterocycles. The van der Waals surface area contributed by atoms with E-state index in [-0.39, 0.29) is 5.91 Å². The second kappa shape index (κ2) is 11.7. The van der Waals surface area contributed by atoms with Gasteiger partial charge in [-0.1, -0.05) is 0 Å². The van der Waals surface area contributed by atoms with Gasteiger partial charge in [-0.25, -0.2) is 0 Å². The van der Waals surface area contributed by atoms with Gasteiger partial charge in [-0.3, -0.25) is 4.79 Å². The largest absolute Gasteiger partial charge is 0.493 e. The third-order valence-electron chi connectivity index (χ3n) is 5.55. The van der Waals surface area contributed by atoms with Gasteiger partial charge in [0.05, 0.1) is 44.9 Å². The normalized spacial score (nSPS) is 15.1. The van der Waals surface area contributed by atoms with E-state index in [2.05, 4.69) is 10.2 Å². The van der Waals surface area contributed by atoms with E-state index >= 15 is 0 Å². The molecule has 188 valence electrons. The van der Waals surface area contributed by atoms with Crippen molar-refractivity contribution in [2.45, 2.75) is 13.8 Å². The van der Waals surface area contributed by atoms with Crippen LogP contribution in [-0.2, 0) is 9.53 Å². The van der Waals surface area contributed by atoms with Gasteiger partial charge < -0.3 is 38.6 Å². The fourth-order valence-corrected chi connectivity index (χ4v) is 3.98. The molecule has 1 saturated heterocycles. The molecule has 0 atom stereocenters. The molecule has 0 spiro atoms. The van der Waals surface area contributed by atoms with Gasteiger partial charge in [-0.05, 0) is 37.6 Å². The third-order valence-corrected chi connectivity index (χ3v) is 5.55. The van der Waals surface area contributed by atoms with Crippen LogP contribution in [0, 0.1) is 0 Å². The quantitative estimate of drug-likeness (QED) is 0.539. The molecular weight excluding hydrogens is 452 g/mol. The van der Waals surface area contributed by atoms with Gasteiger partial charge in [-0.15, -0.1) is 0 Å². The van der Waals surface area contributed by atoms with Crippen LogP contribution in [0.2, 0.25) is 0 Å². The van der Waals surface area contributed by atoms with E-state index in [9.17, 15) is 4.79 Å². The third kappa shape index (κ3) is 5.92. The maximum Gasteiger partial charge on any atom is 0.248 e. The molecular formula is C26H32N2O7. The van der Waals surface area contributed by atoms with Crippen LogP contribution in [-0.4, -0.2) is 65.7 Å². The number of carbonyl (C=O) groups excluding carboxylic acids is 1. The Hall–Kier alpha value is -3.59. The minimum atomic E-state index is -0.304. The molecule has 9 heteroatoms. The molecule has 2 aliphatic rings. The van der Waals surface area contributed by atoms with Gasteiger partial charge in [0.15, 0.2) is 11.5 Å². The average molecular weight is 485 g/mol. The number of hydrogen-bond acceptors (Lipinski definition) is 8. The minimum absolute atomic E-state index is 0.304. The molecule has 2 aromatic carbocycles. The zero-order valence-electron chi connectivity index (χ0n) is 20.4. The number of fused-ring (bicyclic) bond motifs is 1. The van der Waals surface area contributed by atoms with Crippen LogP contribution in [0.3, 0.4) is 0 Å². The van der Waals surface area contributed by atoms with Crippen molar-refractivity contribution in [2.75, 3.05) is 70.1 Å². The molecule has 0 radical (unpaired) electrons. The molecule has 2 aromatic rings. The fourth-order valence-electron chi connectivity index (χ4n) is 3.98. The van der Waals surface area contributed by atoms with Crippen LogP contribution in [0.4, 0.5) is 11.4 Å². The van der Waals surface area contributed by atoms with Crippen molar-refractivity contribution in [1.82, 2.24) is 0 Å². The van der Waals surface area contributed by atoms with Gasteiger partial charge in [0.1, 0.15) is 24.7 Å². The Kier molecular flexibility index (Phi) is 8.20. The van der Waals surface area contributed by atoms with E-state index < -0.39 is 0 Å². The van der Waals surface area contributed by atoms with Crippen molar-refractivity contribution in [3.63, 3.8) is 0 Å². The van der Waals surface area contributed by atoms with Gasteiger partial charge in [-0.2, -0.15) is 0 Å². The summed E-state index contributed by atoms with van der Waals surface area (Å²) in [5, 5.41) is 2.92. The maximum absolute atomic E-state index is 12.8. The number of hydrogen-bond donors (Lipinski definition) is 1. The van der Waals surface area contributed by atoms with Gasteiger partial charge >= 0.3 is 0 Å². The zero-order chi connectivity index (χ0) is 24.6. The molecule has 0 bridgehead atoms. The van der Waals surface area contributed by atoms with Crippen molar-refractivity contribution in [1.29, 1.82) is 0 Å². The number of carbonyl (C=O) groups is 1. The number of benzene rings is 2. The second-order valence-electron chi connectivity index (χ2n) is 7.85. The Labute approximate surface area is 205 Å². The Balaban J connectivity index is 1.56. The summed E-state index contributed by atoms with van der Waals surface area (Å²) < 4.78 is 34.0. The molecule has 0 saturated carbocycles. The Morgan fingerprint density at radius 3 is 2.46 bits per heavy atom. The lowest BCUT2D eigenvalue weighted by atomic mass is 10.1. The SMILES string of the molecule is CCOc1cc(N2CCOCC2)c(OCC)cc1NC(=O)/C=C/c1cc(OC)c2c(c1)OCCO2. The Morgan fingerprint density at radius 2 is 1.71 bits per heavy atom. The molecule has 4 rings (SSSR count). The highest BCUT2D eigenvalue weighted by atomic mass is 16.6. The molecule has 1 N–H and O–H groups in total. The van der Waals surface area contributed by atoms with Crippen molar-refractivity contribution in [3.8, 4) is 28.7 Å². The van der Waals surface area contributed by atoms with E-state index in [1.807, 2.05) is 32.0 Å². The average Bonchev–Trinajstić information content (AvgIpc) is 2.89. The molecule has 2 heterocycles. The molecule has 1 fully saturated rings. The summed E-state index contributed by atoms with van der Waals surface area (Å²) in [6.45, 7) is 8.58. The molecule has 35 heavy (non-hydrogen) atoms. The summed E-state index contributed by atoms with van der Waals surface area (Å²) >= 11 is 0. The van der Waals surface area contributed by atoms with Crippen molar-refractivity contribution in [2.24, 2.45) is 0 Å². The fraction of sp³-hybridized carbons (Fsp3) is 0.423. The first-order valence-corrected chi connectivity index (χ1v) is 11.9. The molecule has 2 aliphatic heterocycles. The Bertz CT molecular complexity index is 1050. The van der Waals surface area contributed by atoms with E-state index in [0.717, 1.165) is 24.3 Å². The van der Waals surface area contributed by atoms with E-state index in [1.165, 1.54) is 6.08 Å². The summed E-state index contributed by atoms with van der Waals surface area (Å²) in [7, 11) is 1.57. The molecule has 0 unspecified atom stereocenters. The zero-order valence-corrected chi connectivity index (χ0v) is 20.4. The van der Waals surface area contributed by atoms with Crippen LogP contribution in [0.15, 0.2) is 30.3 Å². The second-order valence-corrected chi connectivity index (χ2v) is 7.85. The monoisotopic (exact) mass is 484 g/mol. The van der Waals surface area contributed by atoms with Crippen molar-refractivity contribution >= 4 is 23.4 Å². The lowest BCUT2D eigenvalue weighted by Crippen LogP contribution is -2.36. The lowest BCUT2D eigenvalue weighted by molar-refractivity contribution is -0.111. The summed E-state index contributed by atoms with van der Waals surface area (Å²) in [5.41, 5.74) is 2.22. The number of nitrogens with zero attached hydrogens (tertiary/aromatic N) is 1. The number of morpholine rings is 1. The summed E-state index contributed by atoms with van der Waals surface area (Å²) in [5.74, 6) is 2.69. The van der Waals surface area contributed by atoms with Gasteiger partial charge in [0, 0.05) is 31.3 Å². The lowest BCUT2D eigenvalue weighted by Gasteiger charge is -2.31. The van der Waals surface area contributed by atoms with Crippen molar-refractivity contribution < 1.29 is 33.2 Å². The minimum Gasteiger partial charge on any atom is -0.493 e. The topological polar surface area (TPSA) is 87.7 Å². The molecule has 9 nitrogen and oxygen atoms in total.